The van der Waals surface area contributed by atoms with Gasteiger partial charge in [-0.15, -0.1) is 12.4 Å². The lowest BCUT2D eigenvalue weighted by molar-refractivity contribution is -0.140. The van der Waals surface area contributed by atoms with Gasteiger partial charge in [-0.3, -0.25) is 4.79 Å². The van der Waals surface area contributed by atoms with Gasteiger partial charge in [0.1, 0.15) is 5.82 Å². The van der Waals surface area contributed by atoms with Crippen LogP contribution in [0.15, 0.2) is 24.3 Å². The Kier molecular flexibility index (Phi) is 6.86. The Morgan fingerprint density at radius 2 is 1.84 bits per heavy atom. The van der Waals surface area contributed by atoms with Gasteiger partial charge in [-0.1, -0.05) is 25.0 Å². The summed E-state index contributed by atoms with van der Waals surface area (Å²) in [4.78, 5) is 14.9. The number of hydrogen-bond donors (Lipinski definition) is 1. The zero-order chi connectivity index (χ0) is 17.2. The van der Waals surface area contributed by atoms with Crippen LogP contribution in [0, 0.1) is 17.7 Å². The van der Waals surface area contributed by atoms with Crippen molar-refractivity contribution in [1.29, 1.82) is 0 Å². The summed E-state index contributed by atoms with van der Waals surface area (Å²) in [6.45, 7) is 3.70. The van der Waals surface area contributed by atoms with E-state index in [0.717, 1.165) is 58.0 Å². The SMILES string of the molecule is CC1(N)CCCCC1C(=O)N1CCC(Cc2ccc(F)cc2)CC1.Cl. The second kappa shape index (κ2) is 8.50. The lowest BCUT2D eigenvalue weighted by Gasteiger charge is -2.41. The number of rotatable bonds is 3. The van der Waals surface area contributed by atoms with E-state index in [1.54, 1.807) is 0 Å². The van der Waals surface area contributed by atoms with Crippen molar-refractivity contribution in [2.45, 2.75) is 57.4 Å². The van der Waals surface area contributed by atoms with Gasteiger partial charge in [-0.25, -0.2) is 4.39 Å². The molecule has 25 heavy (non-hydrogen) atoms. The van der Waals surface area contributed by atoms with Crippen LogP contribution < -0.4 is 5.73 Å². The minimum atomic E-state index is -0.347. The normalized spacial score (nSPS) is 27.6. The average molecular weight is 369 g/mol. The molecule has 0 radical (unpaired) electrons. The molecular formula is C20H30ClFN2O. The predicted octanol–water partition coefficient (Wildman–Crippen LogP) is 3.94. The van der Waals surface area contributed by atoms with Crippen LogP contribution in [0.2, 0.25) is 0 Å². The summed E-state index contributed by atoms with van der Waals surface area (Å²) < 4.78 is 13.0. The second-order valence-electron chi connectivity index (χ2n) is 7.90. The van der Waals surface area contributed by atoms with Crippen molar-refractivity contribution < 1.29 is 9.18 Å². The Bertz CT molecular complexity index is 568. The summed E-state index contributed by atoms with van der Waals surface area (Å²) in [6, 6.07) is 6.79. The topological polar surface area (TPSA) is 46.3 Å². The van der Waals surface area contributed by atoms with E-state index < -0.39 is 0 Å². The number of amides is 1. The molecule has 1 aliphatic heterocycles. The number of nitrogens with zero attached hydrogens (tertiary/aromatic N) is 1. The molecule has 1 saturated carbocycles. The fourth-order valence-electron chi connectivity index (χ4n) is 4.30. The number of benzene rings is 1. The number of nitrogens with two attached hydrogens (primary N) is 1. The van der Waals surface area contributed by atoms with Crippen LogP contribution in [0.25, 0.3) is 0 Å². The lowest BCUT2D eigenvalue weighted by atomic mass is 9.73. The van der Waals surface area contributed by atoms with Gasteiger partial charge < -0.3 is 10.6 Å². The molecule has 0 aromatic heterocycles. The van der Waals surface area contributed by atoms with Gasteiger partial charge in [-0.2, -0.15) is 0 Å². The molecule has 1 heterocycles. The number of hydrogen-bond acceptors (Lipinski definition) is 2. The molecule has 2 aliphatic rings. The molecule has 0 spiro atoms. The highest BCUT2D eigenvalue weighted by molar-refractivity contribution is 5.85. The summed E-state index contributed by atoms with van der Waals surface area (Å²) in [5.41, 5.74) is 7.23. The molecule has 3 rings (SSSR count). The number of carbonyl (C=O) groups excluding carboxylic acids is 1. The van der Waals surface area contributed by atoms with Crippen LogP contribution in [0.1, 0.15) is 51.0 Å². The molecule has 2 fully saturated rings. The lowest BCUT2D eigenvalue weighted by Crippen LogP contribution is -2.54. The first kappa shape index (κ1) is 20.2. The van der Waals surface area contributed by atoms with Crippen LogP contribution in [0.4, 0.5) is 4.39 Å². The van der Waals surface area contributed by atoms with E-state index in [9.17, 15) is 9.18 Å². The first-order chi connectivity index (χ1) is 11.5. The molecule has 1 aromatic rings. The molecule has 1 aromatic carbocycles. The zero-order valence-corrected chi connectivity index (χ0v) is 15.9. The van der Waals surface area contributed by atoms with E-state index in [2.05, 4.69) is 0 Å². The average Bonchev–Trinajstić information content (AvgIpc) is 2.57. The minimum absolute atomic E-state index is 0. The number of carbonyl (C=O) groups is 1. The van der Waals surface area contributed by atoms with E-state index in [1.165, 1.54) is 17.7 Å². The van der Waals surface area contributed by atoms with Crippen molar-refractivity contribution >= 4 is 18.3 Å². The maximum atomic E-state index is 13.0. The van der Waals surface area contributed by atoms with Crippen molar-refractivity contribution in [3.05, 3.63) is 35.6 Å². The van der Waals surface area contributed by atoms with E-state index >= 15 is 0 Å². The molecule has 1 saturated heterocycles. The van der Waals surface area contributed by atoms with Gasteiger partial charge in [0.15, 0.2) is 0 Å². The molecule has 3 nitrogen and oxygen atoms in total. The Morgan fingerprint density at radius 3 is 2.44 bits per heavy atom. The van der Waals surface area contributed by atoms with Crippen LogP contribution in [-0.4, -0.2) is 29.4 Å². The highest BCUT2D eigenvalue weighted by Crippen LogP contribution is 2.34. The largest absolute Gasteiger partial charge is 0.342 e. The van der Waals surface area contributed by atoms with Crippen molar-refractivity contribution in [3.8, 4) is 0 Å². The molecule has 1 aliphatic carbocycles. The minimum Gasteiger partial charge on any atom is -0.342 e. The van der Waals surface area contributed by atoms with Gasteiger partial charge >= 0.3 is 0 Å². The van der Waals surface area contributed by atoms with Gasteiger partial charge in [-0.05, 0) is 62.6 Å². The van der Waals surface area contributed by atoms with E-state index in [1.807, 2.05) is 24.0 Å². The monoisotopic (exact) mass is 368 g/mol. The molecule has 0 bridgehead atoms. The molecule has 5 heteroatoms. The third kappa shape index (κ3) is 4.95. The Morgan fingerprint density at radius 1 is 1.20 bits per heavy atom. The maximum absolute atomic E-state index is 13.0. The Balaban J connectivity index is 0.00000225. The van der Waals surface area contributed by atoms with Crippen LogP contribution in [-0.2, 0) is 11.2 Å². The molecule has 2 atom stereocenters. The van der Waals surface area contributed by atoms with E-state index in [4.69, 9.17) is 5.73 Å². The third-order valence-corrected chi connectivity index (χ3v) is 5.92. The summed E-state index contributed by atoms with van der Waals surface area (Å²) in [7, 11) is 0. The fourth-order valence-corrected chi connectivity index (χ4v) is 4.30. The number of likely N-dealkylation sites (tertiary alicyclic amines) is 1. The van der Waals surface area contributed by atoms with Crippen molar-refractivity contribution in [3.63, 3.8) is 0 Å². The van der Waals surface area contributed by atoms with Crippen molar-refractivity contribution in [2.75, 3.05) is 13.1 Å². The summed E-state index contributed by atoms with van der Waals surface area (Å²) in [6.07, 6.45) is 7.15. The molecule has 2 unspecified atom stereocenters. The van der Waals surface area contributed by atoms with Crippen LogP contribution >= 0.6 is 12.4 Å². The number of piperidine rings is 1. The van der Waals surface area contributed by atoms with Gasteiger partial charge in [0, 0.05) is 18.6 Å². The zero-order valence-electron chi connectivity index (χ0n) is 15.0. The first-order valence-corrected chi connectivity index (χ1v) is 9.28. The van der Waals surface area contributed by atoms with Gasteiger partial charge in [0.25, 0.3) is 0 Å². The van der Waals surface area contributed by atoms with E-state index in [0.29, 0.717) is 5.92 Å². The molecule has 2 N–H and O–H groups in total. The predicted molar refractivity (Wildman–Crippen MR) is 101 cm³/mol. The highest BCUT2D eigenvalue weighted by atomic mass is 35.5. The Labute approximate surface area is 156 Å². The standard InChI is InChI=1S/C20H29FN2O.ClH/c1-20(22)11-3-2-4-18(20)19(24)23-12-9-16(10-13-23)14-15-5-7-17(21)8-6-15;/h5-8,16,18H,2-4,9-14,22H2,1H3;1H. The van der Waals surface area contributed by atoms with Crippen LogP contribution in [0.3, 0.4) is 0 Å². The van der Waals surface area contributed by atoms with Crippen molar-refractivity contribution in [2.24, 2.45) is 17.6 Å². The highest BCUT2D eigenvalue weighted by Gasteiger charge is 2.40. The quantitative estimate of drug-likeness (QED) is 0.878. The Hall–Kier alpha value is -1.13. The van der Waals surface area contributed by atoms with Crippen LogP contribution in [0.5, 0.6) is 0 Å². The molecule has 1 amide bonds. The molecular weight excluding hydrogens is 339 g/mol. The second-order valence-corrected chi connectivity index (χ2v) is 7.90. The number of halogens is 2. The van der Waals surface area contributed by atoms with Crippen molar-refractivity contribution in [1.82, 2.24) is 4.90 Å². The molecule has 140 valence electrons. The summed E-state index contributed by atoms with van der Waals surface area (Å²) in [5.74, 6) is 0.645. The maximum Gasteiger partial charge on any atom is 0.227 e. The smallest absolute Gasteiger partial charge is 0.227 e. The summed E-state index contributed by atoms with van der Waals surface area (Å²) >= 11 is 0. The summed E-state index contributed by atoms with van der Waals surface area (Å²) in [5, 5.41) is 0. The fraction of sp³-hybridized carbons (Fsp3) is 0.650. The van der Waals surface area contributed by atoms with Gasteiger partial charge in [0.05, 0.1) is 5.92 Å². The third-order valence-electron chi connectivity index (χ3n) is 5.92. The first-order valence-electron chi connectivity index (χ1n) is 9.28. The van der Waals surface area contributed by atoms with E-state index in [-0.39, 0.29) is 35.6 Å². The van der Waals surface area contributed by atoms with Gasteiger partial charge in [0.2, 0.25) is 5.91 Å².